The molecule has 11 heteroatoms. The molecule has 1 fully saturated rings. The zero-order valence-corrected chi connectivity index (χ0v) is 20.1. The number of halogens is 4. The van der Waals surface area contributed by atoms with Crippen LogP contribution < -0.4 is 10.4 Å². The van der Waals surface area contributed by atoms with Crippen LogP contribution in [0.25, 0.3) is 11.0 Å². The van der Waals surface area contributed by atoms with Crippen LogP contribution in [0.4, 0.5) is 18.0 Å². The number of nitrogens with zero attached hydrogens (tertiary/aromatic N) is 2. The van der Waals surface area contributed by atoms with E-state index in [1.54, 1.807) is 20.9 Å². The third-order valence-corrected chi connectivity index (χ3v) is 6.27. The summed E-state index contributed by atoms with van der Waals surface area (Å²) in [7, 11) is 1.57. The Labute approximate surface area is 199 Å². The fourth-order valence-electron chi connectivity index (χ4n) is 3.90. The first-order valence-corrected chi connectivity index (χ1v) is 11.3. The van der Waals surface area contributed by atoms with E-state index in [1.807, 2.05) is 6.92 Å². The summed E-state index contributed by atoms with van der Waals surface area (Å²) >= 11 is 6.29. The van der Waals surface area contributed by atoms with Crippen molar-refractivity contribution in [2.75, 3.05) is 20.2 Å². The zero-order chi connectivity index (χ0) is 25.4. The van der Waals surface area contributed by atoms with Crippen LogP contribution in [0.3, 0.4) is 0 Å². The van der Waals surface area contributed by atoms with Crippen LogP contribution in [0.5, 0.6) is 5.75 Å². The molecular formula is C23H26ClF3N2O5. The summed E-state index contributed by atoms with van der Waals surface area (Å²) in [5.41, 5.74) is -3.03. The molecule has 0 radical (unpaired) electrons. The minimum absolute atomic E-state index is 0.0245. The third-order valence-electron chi connectivity index (χ3n) is 5.99. The van der Waals surface area contributed by atoms with Gasteiger partial charge in [-0.1, -0.05) is 24.9 Å². The number of hydrogen-bond donors (Lipinski definition) is 0. The van der Waals surface area contributed by atoms with E-state index in [0.29, 0.717) is 30.9 Å². The fourth-order valence-corrected chi connectivity index (χ4v) is 4.18. The predicted molar refractivity (Wildman–Crippen MR) is 120 cm³/mol. The third kappa shape index (κ3) is 4.73. The summed E-state index contributed by atoms with van der Waals surface area (Å²) < 4.78 is 51.4. The molecule has 186 valence electrons. The molecule has 0 saturated carbocycles. The highest BCUT2D eigenvalue weighted by molar-refractivity contribution is 6.33. The first-order valence-electron chi connectivity index (χ1n) is 10.9. The Morgan fingerprint density at radius 2 is 1.82 bits per heavy atom. The Hall–Kier alpha value is -2.75. The van der Waals surface area contributed by atoms with E-state index in [1.165, 1.54) is 9.80 Å². The van der Waals surface area contributed by atoms with E-state index in [9.17, 15) is 27.6 Å². The average molecular weight is 503 g/mol. The van der Waals surface area contributed by atoms with Gasteiger partial charge in [-0.15, -0.1) is 0 Å². The van der Waals surface area contributed by atoms with Gasteiger partial charge in [0.05, 0.1) is 17.2 Å². The second-order valence-electron chi connectivity index (χ2n) is 8.68. The first-order chi connectivity index (χ1) is 15.8. The highest BCUT2D eigenvalue weighted by Crippen LogP contribution is 2.41. The van der Waals surface area contributed by atoms with Crippen LogP contribution in [-0.2, 0) is 17.4 Å². The van der Waals surface area contributed by atoms with Crippen LogP contribution in [0.15, 0.2) is 21.3 Å². The number of benzene rings is 1. The summed E-state index contributed by atoms with van der Waals surface area (Å²) in [4.78, 5) is 39.2. The highest BCUT2D eigenvalue weighted by atomic mass is 35.5. The normalized spacial score (nSPS) is 16.1. The van der Waals surface area contributed by atoms with Gasteiger partial charge in [0.25, 0.3) is 5.91 Å². The smallest absolute Gasteiger partial charge is 0.417 e. The number of carbonyl (C=O) groups is 2. The number of amides is 3. The lowest BCUT2D eigenvalue weighted by Crippen LogP contribution is -2.41. The molecule has 0 aliphatic carbocycles. The van der Waals surface area contributed by atoms with E-state index >= 15 is 0 Å². The maximum atomic E-state index is 13.5. The highest BCUT2D eigenvalue weighted by Gasteiger charge is 2.48. The van der Waals surface area contributed by atoms with Gasteiger partial charge in [-0.2, -0.15) is 13.2 Å². The number of urea groups is 1. The number of alkyl halides is 3. The number of likely N-dealkylation sites (N-methyl/N-ethyl adjacent to an activating group) is 1. The van der Waals surface area contributed by atoms with Crippen LogP contribution >= 0.6 is 11.6 Å². The lowest BCUT2D eigenvalue weighted by atomic mass is 10.0. The molecule has 7 nitrogen and oxygen atoms in total. The molecule has 0 spiro atoms. The SMILES string of the molecule is CCCc1c(OCCCCN2C(=O)N(C)C(C)(C)C2=O)c(Cl)cc2c(C(F)(F)F)cc(=O)oc12. The summed E-state index contributed by atoms with van der Waals surface area (Å²) in [5, 5.41) is -0.325. The predicted octanol–water partition coefficient (Wildman–Crippen LogP) is 5.25. The number of fused-ring (bicyclic) bond motifs is 1. The molecule has 3 amide bonds. The monoisotopic (exact) mass is 502 g/mol. The van der Waals surface area contributed by atoms with E-state index in [-0.39, 0.29) is 53.3 Å². The standard InChI is InChI=1S/C23H26ClF3N2O5/c1-5-8-13-18-14(15(23(25,26)27)12-17(30)34-18)11-16(24)19(13)33-10-7-6-9-29-20(31)22(2,3)28(4)21(29)32/h11-12H,5-10H2,1-4H3. The van der Waals surface area contributed by atoms with Crippen molar-refractivity contribution in [1.82, 2.24) is 9.80 Å². The molecule has 0 unspecified atom stereocenters. The second kappa shape index (κ2) is 9.48. The molecular weight excluding hydrogens is 477 g/mol. The summed E-state index contributed by atoms with van der Waals surface area (Å²) in [6, 6.07) is 1.14. The largest absolute Gasteiger partial charge is 0.492 e. The second-order valence-corrected chi connectivity index (χ2v) is 9.09. The Bertz CT molecular complexity index is 1180. The Morgan fingerprint density at radius 1 is 1.15 bits per heavy atom. The molecule has 34 heavy (non-hydrogen) atoms. The minimum Gasteiger partial charge on any atom is -0.492 e. The van der Waals surface area contributed by atoms with Crippen molar-refractivity contribution in [3.8, 4) is 5.75 Å². The van der Waals surface area contributed by atoms with Gasteiger partial charge in [0.1, 0.15) is 16.9 Å². The van der Waals surface area contributed by atoms with E-state index < -0.39 is 22.9 Å². The molecule has 1 aromatic carbocycles. The number of imide groups is 1. The average Bonchev–Trinajstić information content (AvgIpc) is 2.89. The maximum absolute atomic E-state index is 13.5. The van der Waals surface area contributed by atoms with Crippen molar-refractivity contribution in [1.29, 1.82) is 0 Å². The molecule has 0 N–H and O–H groups in total. The number of hydrogen-bond acceptors (Lipinski definition) is 5. The van der Waals surface area contributed by atoms with Gasteiger partial charge in [0, 0.05) is 30.6 Å². The Morgan fingerprint density at radius 3 is 2.38 bits per heavy atom. The van der Waals surface area contributed by atoms with Crippen LogP contribution in [0, 0.1) is 0 Å². The molecule has 2 heterocycles. The molecule has 1 aliphatic rings. The van der Waals surface area contributed by atoms with Gasteiger partial charge in [0.2, 0.25) is 0 Å². The number of rotatable bonds is 8. The molecule has 2 aromatic rings. The number of aryl methyl sites for hydroxylation is 1. The Balaban J connectivity index is 1.78. The summed E-state index contributed by atoms with van der Waals surface area (Å²) in [6.45, 7) is 5.53. The number of carbonyl (C=O) groups excluding carboxylic acids is 2. The fraction of sp³-hybridized carbons (Fsp3) is 0.522. The molecule has 1 saturated heterocycles. The van der Waals surface area contributed by atoms with Crippen molar-refractivity contribution < 1.29 is 31.9 Å². The molecule has 0 bridgehead atoms. The van der Waals surface area contributed by atoms with Gasteiger partial charge in [-0.05, 0) is 39.2 Å². The van der Waals surface area contributed by atoms with Crippen molar-refractivity contribution >= 4 is 34.5 Å². The number of unbranched alkanes of at least 4 members (excludes halogenated alkanes) is 1. The molecule has 0 atom stereocenters. The van der Waals surface area contributed by atoms with E-state index in [2.05, 4.69) is 0 Å². The van der Waals surface area contributed by atoms with E-state index in [0.717, 1.165) is 6.07 Å². The van der Waals surface area contributed by atoms with Crippen molar-refractivity contribution in [2.24, 2.45) is 0 Å². The van der Waals surface area contributed by atoms with Gasteiger partial charge in [0.15, 0.2) is 0 Å². The van der Waals surface area contributed by atoms with Crippen molar-refractivity contribution in [3.63, 3.8) is 0 Å². The van der Waals surface area contributed by atoms with Crippen LogP contribution in [-0.4, -0.2) is 47.5 Å². The van der Waals surface area contributed by atoms with Crippen LogP contribution in [0.2, 0.25) is 5.02 Å². The first kappa shape index (κ1) is 25.9. The topological polar surface area (TPSA) is 80.1 Å². The number of ether oxygens (including phenoxy) is 1. The summed E-state index contributed by atoms with van der Waals surface area (Å²) in [6.07, 6.45) is -3.00. The van der Waals surface area contributed by atoms with Gasteiger partial charge >= 0.3 is 17.8 Å². The van der Waals surface area contributed by atoms with Gasteiger partial charge < -0.3 is 14.1 Å². The van der Waals surface area contributed by atoms with Gasteiger partial charge in [-0.25, -0.2) is 9.59 Å². The molecule has 3 rings (SSSR count). The molecule has 1 aliphatic heterocycles. The summed E-state index contributed by atoms with van der Waals surface area (Å²) in [5.74, 6) is -0.119. The lowest BCUT2D eigenvalue weighted by Gasteiger charge is -2.22. The maximum Gasteiger partial charge on any atom is 0.417 e. The Kier molecular flexibility index (Phi) is 7.21. The van der Waals surface area contributed by atoms with Crippen molar-refractivity contribution in [3.05, 3.63) is 38.7 Å². The van der Waals surface area contributed by atoms with E-state index in [4.69, 9.17) is 20.8 Å². The lowest BCUT2D eigenvalue weighted by molar-refractivity contribution is -0.136. The molecule has 1 aromatic heterocycles. The zero-order valence-electron chi connectivity index (χ0n) is 19.3. The van der Waals surface area contributed by atoms with Gasteiger partial charge in [-0.3, -0.25) is 9.69 Å². The van der Waals surface area contributed by atoms with Crippen LogP contribution in [0.1, 0.15) is 51.2 Å². The minimum atomic E-state index is -4.75. The van der Waals surface area contributed by atoms with Crippen molar-refractivity contribution in [2.45, 2.75) is 58.2 Å². The quantitative estimate of drug-likeness (QED) is 0.280.